The molecular formula is C28H28F3N7O. The van der Waals surface area contributed by atoms with Crippen molar-refractivity contribution < 1.29 is 17.9 Å². The molecule has 8 nitrogen and oxygen atoms in total. The van der Waals surface area contributed by atoms with E-state index < -0.39 is 11.7 Å². The van der Waals surface area contributed by atoms with Gasteiger partial charge in [-0.3, -0.25) is 4.90 Å². The molecule has 3 aromatic heterocycles. The number of imidazole rings is 1. The maximum absolute atomic E-state index is 13.9. The minimum Gasteiger partial charge on any atom is -0.480 e. The molecule has 0 bridgehead atoms. The van der Waals surface area contributed by atoms with Crippen molar-refractivity contribution in [2.24, 2.45) is 0 Å². The number of ether oxygens (including phenoxy) is 1. The van der Waals surface area contributed by atoms with E-state index in [1.807, 2.05) is 7.05 Å². The fourth-order valence-corrected chi connectivity index (χ4v) is 4.37. The number of aromatic nitrogens is 4. The molecule has 0 saturated carbocycles. The third kappa shape index (κ3) is 6.47. The number of fused-ring (bicyclic) bond motifs is 1. The van der Waals surface area contributed by atoms with Crippen LogP contribution in [0.4, 0.5) is 19.0 Å². The number of rotatable bonds is 6. The molecule has 5 rings (SSSR count). The molecule has 202 valence electrons. The van der Waals surface area contributed by atoms with Crippen molar-refractivity contribution >= 4 is 11.5 Å². The summed E-state index contributed by atoms with van der Waals surface area (Å²) in [7, 11) is 3.56. The second-order valence-electron chi connectivity index (χ2n) is 9.39. The topological polar surface area (TPSA) is 70.8 Å². The Morgan fingerprint density at radius 1 is 1.00 bits per heavy atom. The summed E-state index contributed by atoms with van der Waals surface area (Å²) in [5, 5.41) is 7.45. The standard InChI is InChI=1S/C28H28F3N7O/c1-36-11-13-37(14-12-36)19-22-5-3-21(15-24(22)28(29,30)31)17-33-25-16-20(9-10-32-25)4-6-23-18-34-26-7-8-27(39-2)35-38(23)26/h3,5,7-10,15-16,18H,11-14,17,19H2,1-2H3,(H,32,33). The molecule has 39 heavy (non-hydrogen) atoms. The van der Waals surface area contributed by atoms with E-state index in [0.29, 0.717) is 39.7 Å². The smallest absolute Gasteiger partial charge is 0.416 e. The number of piperazine rings is 1. The Kier molecular flexibility index (Phi) is 7.67. The Hall–Kier alpha value is -4.14. The first-order valence-corrected chi connectivity index (χ1v) is 12.5. The number of methoxy groups -OCH3 is 1. The van der Waals surface area contributed by atoms with E-state index in [0.717, 1.165) is 26.2 Å². The van der Waals surface area contributed by atoms with E-state index in [1.54, 1.807) is 53.3 Å². The van der Waals surface area contributed by atoms with Crippen molar-refractivity contribution in [1.82, 2.24) is 29.4 Å². The minimum atomic E-state index is -4.43. The molecular weight excluding hydrogens is 507 g/mol. The van der Waals surface area contributed by atoms with Crippen LogP contribution < -0.4 is 10.1 Å². The molecule has 4 heterocycles. The summed E-state index contributed by atoms with van der Waals surface area (Å²) >= 11 is 0. The van der Waals surface area contributed by atoms with Crippen LogP contribution in [0, 0.1) is 11.8 Å². The molecule has 1 aliphatic heterocycles. The van der Waals surface area contributed by atoms with Crippen LogP contribution in [0.25, 0.3) is 5.65 Å². The van der Waals surface area contributed by atoms with Crippen LogP contribution in [0.2, 0.25) is 0 Å². The van der Waals surface area contributed by atoms with Crippen LogP contribution in [0.1, 0.15) is 27.9 Å². The second kappa shape index (κ2) is 11.3. The SMILES string of the molecule is COc1ccc2ncc(C#Cc3ccnc(NCc4ccc(CN5CCN(C)CC5)c(C(F)(F)F)c4)c3)n2n1. The molecule has 0 aliphatic carbocycles. The zero-order valence-corrected chi connectivity index (χ0v) is 21.7. The molecule has 1 N–H and O–H groups in total. The van der Waals surface area contributed by atoms with Gasteiger partial charge in [0.15, 0.2) is 5.65 Å². The highest BCUT2D eigenvalue weighted by atomic mass is 19.4. The molecule has 1 fully saturated rings. The van der Waals surface area contributed by atoms with E-state index in [1.165, 1.54) is 13.2 Å². The van der Waals surface area contributed by atoms with Gasteiger partial charge < -0.3 is 15.0 Å². The van der Waals surface area contributed by atoms with Crippen LogP contribution >= 0.6 is 0 Å². The van der Waals surface area contributed by atoms with Gasteiger partial charge in [-0.2, -0.15) is 13.2 Å². The zero-order valence-electron chi connectivity index (χ0n) is 21.7. The Morgan fingerprint density at radius 3 is 2.59 bits per heavy atom. The molecule has 0 spiro atoms. The molecule has 1 aliphatic rings. The lowest BCUT2D eigenvalue weighted by Crippen LogP contribution is -2.44. The molecule has 0 amide bonds. The van der Waals surface area contributed by atoms with E-state index in [4.69, 9.17) is 4.74 Å². The summed E-state index contributed by atoms with van der Waals surface area (Å²) in [5.41, 5.74) is 2.14. The largest absolute Gasteiger partial charge is 0.480 e. The number of pyridine rings is 1. The quantitative estimate of drug-likeness (QED) is 0.376. The number of nitrogens with zero attached hydrogens (tertiary/aromatic N) is 6. The molecule has 0 unspecified atom stereocenters. The van der Waals surface area contributed by atoms with Crippen molar-refractivity contribution in [1.29, 1.82) is 0 Å². The van der Waals surface area contributed by atoms with Gasteiger partial charge in [0.05, 0.1) is 18.9 Å². The highest BCUT2D eigenvalue weighted by Crippen LogP contribution is 2.33. The number of nitrogens with one attached hydrogen (secondary N) is 1. The number of anilines is 1. The maximum Gasteiger partial charge on any atom is 0.416 e. The second-order valence-corrected chi connectivity index (χ2v) is 9.39. The summed E-state index contributed by atoms with van der Waals surface area (Å²) in [6.45, 7) is 3.69. The summed E-state index contributed by atoms with van der Waals surface area (Å²) < 4.78 is 48.5. The first kappa shape index (κ1) is 26.5. The van der Waals surface area contributed by atoms with Crippen LogP contribution in [0.3, 0.4) is 0 Å². The number of alkyl halides is 3. The highest BCUT2D eigenvalue weighted by molar-refractivity contribution is 5.50. The van der Waals surface area contributed by atoms with Crippen molar-refractivity contribution in [2.45, 2.75) is 19.3 Å². The highest BCUT2D eigenvalue weighted by Gasteiger charge is 2.34. The van der Waals surface area contributed by atoms with E-state index >= 15 is 0 Å². The Labute approximate surface area is 224 Å². The van der Waals surface area contributed by atoms with Gasteiger partial charge >= 0.3 is 6.18 Å². The summed E-state index contributed by atoms with van der Waals surface area (Å²) in [4.78, 5) is 12.8. The van der Waals surface area contributed by atoms with Gasteiger partial charge in [-0.05, 0) is 48.4 Å². The number of likely N-dealkylation sites (N-methyl/N-ethyl adjacent to an activating group) is 1. The molecule has 11 heteroatoms. The number of benzene rings is 1. The van der Waals surface area contributed by atoms with Gasteiger partial charge in [-0.25, -0.2) is 14.5 Å². The van der Waals surface area contributed by atoms with Gasteiger partial charge in [0.25, 0.3) is 0 Å². The normalized spacial score (nSPS) is 14.7. The first-order valence-electron chi connectivity index (χ1n) is 12.5. The lowest BCUT2D eigenvalue weighted by Gasteiger charge is -2.33. The van der Waals surface area contributed by atoms with Crippen molar-refractivity contribution in [3.8, 4) is 17.7 Å². The fourth-order valence-electron chi connectivity index (χ4n) is 4.37. The van der Waals surface area contributed by atoms with E-state index in [2.05, 4.69) is 42.0 Å². The zero-order chi connectivity index (χ0) is 27.4. The monoisotopic (exact) mass is 535 g/mol. The molecule has 1 saturated heterocycles. The van der Waals surface area contributed by atoms with Gasteiger partial charge in [0, 0.05) is 57.1 Å². The lowest BCUT2D eigenvalue weighted by molar-refractivity contribution is -0.138. The fraction of sp³-hybridized carbons (Fsp3) is 0.321. The molecule has 1 aromatic carbocycles. The minimum absolute atomic E-state index is 0.193. The van der Waals surface area contributed by atoms with Crippen LogP contribution in [0.5, 0.6) is 5.88 Å². The predicted molar refractivity (Wildman–Crippen MR) is 141 cm³/mol. The average Bonchev–Trinajstić information content (AvgIpc) is 3.34. The number of hydrogen-bond acceptors (Lipinski definition) is 7. The summed E-state index contributed by atoms with van der Waals surface area (Å²) in [5.74, 6) is 7.07. The summed E-state index contributed by atoms with van der Waals surface area (Å²) in [6, 6.07) is 11.6. The van der Waals surface area contributed by atoms with Gasteiger partial charge in [-0.1, -0.05) is 18.1 Å². The van der Waals surface area contributed by atoms with Crippen molar-refractivity contribution in [3.63, 3.8) is 0 Å². The van der Waals surface area contributed by atoms with E-state index in [9.17, 15) is 13.2 Å². The Bertz CT molecular complexity index is 1520. The van der Waals surface area contributed by atoms with E-state index in [-0.39, 0.29) is 13.1 Å². The average molecular weight is 536 g/mol. The first-order chi connectivity index (χ1) is 18.8. The van der Waals surface area contributed by atoms with Crippen LogP contribution in [-0.2, 0) is 19.3 Å². The molecule has 0 radical (unpaired) electrons. The van der Waals surface area contributed by atoms with Gasteiger partial charge in [-0.15, -0.1) is 5.10 Å². The Morgan fingerprint density at radius 2 is 1.82 bits per heavy atom. The van der Waals surface area contributed by atoms with Crippen molar-refractivity contribution in [2.75, 3.05) is 45.7 Å². The lowest BCUT2D eigenvalue weighted by atomic mass is 10.0. The third-order valence-corrected chi connectivity index (χ3v) is 6.58. The number of hydrogen-bond donors (Lipinski definition) is 1. The van der Waals surface area contributed by atoms with Crippen LogP contribution in [-0.4, -0.2) is 69.7 Å². The summed E-state index contributed by atoms with van der Waals surface area (Å²) in [6.07, 6.45) is -1.20. The predicted octanol–water partition coefficient (Wildman–Crippen LogP) is 3.91. The van der Waals surface area contributed by atoms with Gasteiger partial charge in [0.2, 0.25) is 5.88 Å². The number of halogens is 3. The van der Waals surface area contributed by atoms with Crippen LogP contribution in [0.15, 0.2) is 54.9 Å². The van der Waals surface area contributed by atoms with Gasteiger partial charge in [0.1, 0.15) is 11.5 Å². The Balaban J connectivity index is 1.28. The van der Waals surface area contributed by atoms with Crippen molar-refractivity contribution in [3.05, 3.63) is 82.8 Å². The molecule has 4 aromatic rings. The molecule has 0 atom stereocenters. The maximum atomic E-state index is 13.9. The third-order valence-electron chi connectivity index (χ3n) is 6.58.